The van der Waals surface area contributed by atoms with Gasteiger partial charge in [0.15, 0.2) is 0 Å². The molecule has 2 heterocycles. The van der Waals surface area contributed by atoms with Crippen LogP contribution in [0.25, 0.3) is 0 Å². The molecule has 0 radical (unpaired) electrons. The van der Waals surface area contributed by atoms with Gasteiger partial charge < -0.3 is 15.5 Å². The number of sulfonamides is 1. The molecule has 0 unspecified atom stereocenters. The summed E-state index contributed by atoms with van der Waals surface area (Å²) < 4.78 is 24.5. The third-order valence-electron chi connectivity index (χ3n) is 5.29. The van der Waals surface area contributed by atoms with E-state index in [1.165, 1.54) is 10.6 Å². The molecule has 2 aliphatic heterocycles. The first kappa shape index (κ1) is 21.3. The van der Waals surface area contributed by atoms with Crippen LogP contribution < -0.4 is 15.5 Å². The molecule has 0 aliphatic carbocycles. The molecule has 2 N–H and O–H groups in total. The van der Waals surface area contributed by atoms with E-state index in [-0.39, 0.29) is 11.8 Å². The van der Waals surface area contributed by atoms with Gasteiger partial charge in [0.1, 0.15) is 0 Å². The highest BCUT2D eigenvalue weighted by Gasteiger charge is 2.26. The van der Waals surface area contributed by atoms with Gasteiger partial charge in [-0.1, -0.05) is 6.07 Å². The van der Waals surface area contributed by atoms with Crippen LogP contribution in [0, 0.1) is 5.92 Å². The van der Waals surface area contributed by atoms with Crippen LogP contribution in [0.15, 0.2) is 24.3 Å². The predicted octanol–water partition coefficient (Wildman–Crippen LogP) is 0.540. The van der Waals surface area contributed by atoms with Crippen LogP contribution in [0.2, 0.25) is 0 Å². The molecule has 0 atom stereocenters. The second kappa shape index (κ2) is 8.91. The van der Waals surface area contributed by atoms with E-state index in [2.05, 4.69) is 10.6 Å². The number of rotatable bonds is 5. The molecule has 0 aromatic heterocycles. The molecule has 2 fully saturated rings. The van der Waals surface area contributed by atoms with Crippen molar-refractivity contribution in [3.63, 3.8) is 0 Å². The third-order valence-corrected chi connectivity index (χ3v) is 6.59. The molecule has 3 rings (SSSR count). The Balaban J connectivity index is 1.48. The van der Waals surface area contributed by atoms with E-state index < -0.39 is 21.8 Å². The van der Waals surface area contributed by atoms with Gasteiger partial charge in [-0.3, -0.25) is 14.4 Å². The first-order valence-corrected chi connectivity index (χ1v) is 11.5. The van der Waals surface area contributed by atoms with Gasteiger partial charge in [-0.25, -0.2) is 12.7 Å². The zero-order valence-electron chi connectivity index (χ0n) is 16.4. The molecule has 10 heteroatoms. The molecule has 0 bridgehead atoms. The first-order valence-electron chi connectivity index (χ1n) is 9.69. The van der Waals surface area contributed by atoms with Crippen LogP contribution in [-0.4, -0.2) is 62.9 Å². The minimum Gasteiger partial charge on any atom is -0.348 e. The molecule has 1 aromatic carbocycles. The van der Waals surface area contributed by atoms with Crippen molar-refractivity contribution in [1.82, 2.24) is 9.62 Å². The summed E-state index contributed by atoms with van der Waals surface area (Å²) in [6, 6.07) is 6.86. The number of benzene rings is 1. The number of piperidine rings is 1. The minimum atomic E-state index is -3.18. The summed E-state index contributed by atoms with van der Waals surface area (Å²) in [5, 5.41) is 5.18. The van der Waals surface area contributed by atoms with Gasteiger partial charge in [0.05, 0.1) is 6.26 Å². The average Bonchev–Trinajstić information content (AvgIpc) is 3.12. The second-order valence-electron chi connectivity index (χ2n) is 7.47. The highest BCUT2D eigenvalue weighted by Crippen LogP contribution is 2.24. The number of hydrogen-bond donors (Lipinski definition) is 2. The third kappa shape index (κ3) is 5.54. The van der Waals surface area contributed by atoms with Gasteiger partial charge in [-0.05, 0) is 43.4 Å². The summed E-state index contributed by atoms with van der Waals surface area (Å²) in [6.45, 7) is 1.82. The molecule has 3 amide bonds. The first-order chi connectivity index (χ1) is 13.7. The van der Waals surface area contributed by atoms with Crippen LogP contribution >= 0.6 is 0 Å². The fourth-order valence-electron chi connectivity index (χ4n) is 3.62. The monoisotopic (exact) mass is 422 g/mol. The Labute approximate surface area is 170 Å². The fourth-order valence-corrected chi connectivity index (χ4v) is 4.50. The molecule has 2 saturated heterocycles. The van der Waals surface area contributed by atoms with Crippen LogP contribution in [0.4, 0.5) is 11.4 Å². The maximum atomic E-state index is 12.2. The molecule has 2 aliphatic rings. The second-order valence-corrected chi connectivity index (χ2v) is 9.45. The largest absolute Gasteiger partial charge is 0.348 e. The van der Waals surface area contributed by atoms with Crippen molar-refractivity contribution in [3.05, 3.63) is 24.3 Å². The standard InChI is InChI=1S/C19H26N4O5S/c1-29(27,28)22-10-7-14(8-11-22)13-20-18(25)19(26)21-15-4-2-5-16(12-15)23-9-3-6-17(23)24/h2,4-5,12,14H,3,6-11,13H2,1H3,(H,20,25)(H,21,26). The molecule has 0 saturated carbocycles. The molecule has 0 spiro atoms. The Kier molecular flexibility index (Phi) is 6.53. The van der Waals surface area contributed by atoms with Crippen LogP contribution in [0.3, 0.4) is 0 Å². The highest BCUT2D eigenvalue weighted by atomic mass is 32.2. The number of carbonyl (C=O) groups is 3. The van der Waals surface area contributed by atoms with Gasteiger partial charge >= 0.3 is 11.8 Å². The normalized spacial score (nSPS) is 18.7. The number of carbonyl (C=O) groups excluding carboxylic acids is 3. The van der Waals surface area contributed by atoms with E-state index in [1.54, 1.807) is 29.2 Å². The van der Waals surface area contributed by atoms with E-state index in [0.29, 0.717) is 56.8 Å². The number of amides is 3. The van der Waals surface area contributed by atoms with Gasteiger partial charge in [-0.15, -0.1) is 0 Å². The molecule has 29 heavy (non-hydrogen) atoms. The number of hydrogen-bond acceptors (Lipinski definition) is 5. The smallest absolute Gasteiger partial charge is 0.313 e. The van der Waals surface area contributed by atoms with Crippen molar-refractivity contribution < 1.29 is 22.8 Å². The van der Waals surface area contributed by atoms with Crippen molar-refractivity contribution in [2.45, 2.75) is 25.7 Å². The average molecular weight is 423 g/mol. The zero-order chi connectivity index (χ0) is 21.0. The summed E-state index contributed by atoms with van der Waals surface area (Å²) in [5.74, 6) is -1.33. The zero-order valence-corrected chi connectivity index (χ0v) is 17.2. The number of nitrogens with one attached hydrogen (secondary N) is 2. The number of anilines is 2. The van der Waals surface area contributed by atoms with Crippen molar-refractivity contribution in [3.8, 4) is 0 Å². The maximum absolute atomic E-state index is 12.2. The van der Waals surface area contributed by atoms with Gasteiger partial charge in [0.2, 0.25) is 15.9 Å². The van der Waals surface area contributed by atoms with E-state index in [9.17, 15) is 22.8 Å². The van der Waals surface area contributed by atoms with E-state index in [4.69, 9.17) is 0 Å². The predicted molar refractivity (Wildman–Crippen MR) is 109 cm³/mol. The molecule has 1 aromatic rings. The molecular formula is C19H26N4O5S. The lowest BCUT2D eigenvalue weighted by Gasteiger charge is -2.30. The molecule has 9 nitrogen and oxygen atoms in total. The molecular weight excluding hydrogens is 396 g/mol. The quantitative estimate of drug-likeness (QED) is 0.672. The maximum Gasteiger partial charge on any atom is 0.313 e. The van der Waals surface area contributed by atoms with Crippen molar-refractivity contribution in [1.29, 1.82) is 0 Å². The van der Waals surface area contributed by atoms with Crippen LogP contribution in [0.5, 0.6) is 0 Å². The summed E-state index contributed by atoms with van der Waals surface area (Å²) in [6.07, 6.45) is 3.79. The van der Waals surface area contributed by atoms with Crippen molar-refractivity contribution in [2.75, 3.05) is 42.7 Å². The SMILES string of the molecule is CS(=O)(=O)N1CCC(CNC(=O)C(=O)Nc2cccc(N3CCCC3=O)c2)CC1. The Bertz CT molecular complexity index is 894. The topological polar surface area (TPSA) is 116 Å². The van der Waals surface area contributed by atoms with Crippen molar-refractivity contribution in [2.24, 2.45) is 5.92 Å². The number of nitrogens with zero attached hydrogens (tertiary/aromatic N) is 2. The van der Waals surface area contributed by atoms with Gasteiger partial charge in [0.25, 0.3) is 0 Å². The van der Waals surface area contributed by atoms with Crippen LogP contribution in [-0.2, 0) is 24.4 Å². The lowest BCUT2D eigenvalue weighted by molar-refractivity contribution is -0.136. The summed E-state index contributed by atoms with van der Waals surface area (Å²) in [7, 11) is -3.18. The Morgan fingerprint density at radius 1 is 1.14 bits per heavy atom. The Hall–Kier alpha value is -2.46. The van der Waals surface area contributed by atoms with E-state index in [1.807, 2.05) is 0 Å². The Morgan fingerprint density at radius 3 is 2.48 bits per heavy atom. The summed E-state index contributed by atoms with van der Waals surface area (Å²) in [4.78, 5) is 37.8. The lowest BCUT2D eigenvalue weighted by atomic mass is 9.98. The molecule has 158 valence electrons. The van der Waals surface area contributed by atoms with E-state index in [0.717, 1.165) is 6.42 Å². The fraction of sp³-hybridized carbons (Fsp3) is 0.526. The summed E-state index contributed by atoms with van der Waals surface area (Å²) >= 11 is 0. The van der Waals surface area contributed by atoms with Crippen LogP contribution in [0.1, 0.15) is 25.7 Å². The lowest BCUT2D eigenvalue weighted by Crippen LogP contribution is -2.43. The van der Waals surface area contributed by atoms with Gasteiger partial charge in [0, 0.05) is 44.0 Å². The Morgan fingerprint density at radius 2 is 1.86 bits per heavy atom. The minimum absolute atomic E-state index is 0.0492. The summed E-state index contributed by atoms with van der Waals surface area (Å²) in [5.41, 5.74) is 1.15. The van der Waals surface area contributed by atoms with E-state index >= 15 is 0 Å². The van der Waals surface area contributed by atoms with Gasteiger partial charge in [-0.2, -0.15) is 0 Å². The van der Waals surface area contributed by atoms with Crippen molar-refractivity contribution >= 4 is 39.1 Å². The highest BCUT2D eigenvalue weighted by molar-refractivity contribution is 7.88.